The molecule has 122 valence electrons. The summed E-state index contributed by atoms with van der Waals surface area (Å²) in [5.74, 6) is 0.706. The molecule has 0 amide bonds. The van der Waals surface area contributed by atoms with E-state index in [0.29, 0.717) is 11.9 Å². The number of rotatable bonds is 4. The van der Waals surface area contributed by atoms with Crippen molar-refractivity contribution in [2.75, 3.05) is 0 Å². The monoisotopic (exact) mass is 347 g/mol. The Balaban J connectivity index is 1.77. The predicted octanol–water partition coefficient (Wildman–Crippen LogP) is 3.70. The van der Waals surface area contributed by atoms with E-state index in [4.69, 9.17) is 12.8 Å². The molecule has 25 heavy (non-hydrogen) atoms. The first-order valence-electron chi connectivity index (χ1n) is 8.08. The number of nitrogens with zero attached hydrogens (tertiary/aromatic N) is 3. The standard InChI is InChI=1S/C19H15BFN3S/c1-2-24-16-7-6-13(20)9-15(16)23-18(24)10-17-19(22-11-25-17)12-4-3-5-14(21)8-12/h3-9,11H,2,10H2,1H3. The van der Waals surface area contributed by atoms with Crippen LogP contribution in [0.4, 0.5) is 4.39 Å². The highest BCUT2D eigenvalue weighted by molar-refractivity contribution is 7.10. The van der Waals surface area contributed by atoms with Crippen molar-refractivity contribution in [2.45, 2.75) is 19.9 Å². The molecule has 0 aliphatic rings. The van der Waals surface area contributed by atoms with E-state index >= 15 is 0 Å². The van der Waals surface area contributed by atoms with Gasteiger partial charge in [0.05, 0.1) is 22.2 Å². The summed E-state index contributed by atoms with van der Waals surface area (Å²) >= 11 is 1.57. The molecule has 3 nitrogen and oxygen atoms in total. The molecule has 0 saturated carbocycles. The summed E-state index contributed by atoms with van der Waals surface area (Å²) in [6.45, 7) is 2.92. The number of hydrogen-bond acceptors (Lipinski definition) is 3. The quantitative estimate of drug-likeness (QED) is 0.527. The molecule has 0 fully saturated rings. The highest BCUT2D eigenvalue weighted by atomic mass is 32.1. The third kappa shape index (κ3) is 2.98. The van der Waals surface area contributed by atoms with Crippen molar-refractivity contribution >= 4 is 35.7 Å². The lowest BCUT2D eigenvalue weighted by atomic mass is 9.96. The third-order valence-corrected chi connectivity index (χ3v) is 5.06. The molecular formula is C19H15BFN3S. The fourth-order valence-electron chi connectivity index (χ4n) is 3.10. The third-order valence-electron chi connectivity index (χ3n) is 4.23. The van der Waals surface area contributed by atoms with Gasteiger partial charge in [0.25, 0.3) is 0 Å². The SMILES string of the molecule is [B]c1ccc2c(c1)nc(Cc1scnc1-c1cccc(F)c1)n2CC. The summed E-state index contributed by atoms with van der Waals surface area (Å²) in [6, 6.07) is 12.3. The Morgan fingerprint density at radius 3 is 2.88 bits per heavy atom. The van der Waals surface area contributed by atoms with E-state index in [9.17, 15) is 4.39 Å². The molecule has 2 radical (unpaired) electrons. The number of halogens is 1. The maximum atomic E-state index is 13.6. The molecule has 0 saturated heterocycles. The number of hydrogen-bond donors (Lipinski definition) is 0. The second-order valence-corrected chi connectivity index (χ2v) is 6.77. The van der Waals surface area contributed by atoms with Crippen LogP contribution in [-0.4, -0.2) is 22.4 Å². The Bertz CT molecular complexity index is 1050. The molecule has 4 aromatic rings. The molecule has 2 aromatic heterocycles. The van der Waals surface area contributed by atoms with Crippen molar-refractivity contribution in [3.05, 3.63) is 64.5 Å². The van der Waals surface area contributed by atoms with Crippen LogP contribution >= 0.6 is 11.3 Å². The van der Waals surface area contributed by atoms with Crippen LogP contribution in [0.1, 0.15) is 17.6 Å². The summed E-state index contributed by atoms with van der Waals surface area (Å²) in [5, 5.41) is 0. The van der Waals surface area contributed by atoms with Gasteiger partial charge in [-0.3, -0.25) is 0 Å². The van der Waals surface area contributed by atoms with E-state index in [-0.39, 0.29) is 5.82 Å². The van der Waals surface area contributed by atoms with Crippen molar-refractivity contribution < 1.29 is 4.39 Å². The van der Waals surface area contributed by atoms with Crippen molar-refractivity contribution in [3.63, 3.8) is 0 Å². The Kier molecular flexibility index (Phi) is 4.13. The van der Waals surface area contributed by atoms with E-state index in [1.54, 1.807) is 22.9 Å². The number of fused-ring (bicyclic) bond motifs is 1. The van der Waals surface area contributed by atoms with Gasteiger partial charge in [0.1, 0.15) is 19.5 Å². The molecule has 2 aromatic carbocycles. The molecule has 4 rings (SSSR count). The molecule has 0 aliphatic carbocycles. The average Bonchev–Trinajstić information content (AvgIpc) is 3.18. The molecule has 0 N–H and O–H groups in total. The summed E-state index contributed by atoms with van der Waals surface area (Å²) < 4.78 is 15.7. The normalized spacial score (nSPS) is 11.3. The van der Waals surface area contributed by atoms with Crippen LogP contribution in [0, 0.1) is 5.82 Å². The van der Waals surface area contributed by atoms with Gasteiger partial charge >= 0.3 is 0 Å². The van der Waals surface area contributed by atoms with Gasteiger partial charge in [-0.25, -0.2) is 14.4 Å². The Labute approximate surface area is 150 Å². The van der Waals surface area contributed by atoms with Crippen LogP contribution in [0.15, 0.2) is 48.0 Å². The van der Waals surface area contributed by atoms with Crippen LogP contribution in [0.3, 0.4) is 0 Å². The Hall–Kier alpha value is -2.47. The minimum Gasteiger partial charge on any atom is -0.328 e. The van der Waals surface area contributed by atoms with Gasteiger partial charge in [0.15, 0.2) is 0 Å². The number of aromatic nitrogens is 3. The number of benzene rings is 2. The van der Waals surface area contributed by atoms with E-state index in [1.807, 2.05) is 24.3 Å². The highest BCUT2D eigenvalue weighted by Crippen LogP contribution is 2.29. The van der Waals surface area contributed by atoms with Gasteiger partial charge in [0.2, 0.25) is 0 Å². The first-order valence-corrected chi connectivity index (χ1v) is 8.96. The van der Waals surface area contributed by atoms with Crippen LogP contribution in [0.2, 0.25) is 0 Å². The second-order valence-electron chi connectivity index (χ2n) is 5.83. The molecule has 0 aliphatic heterocycles. The molecule has 0 bridgehead atoms. The summed E-state index contributed by atoms with van der Waals surface area (Å²) in [6.07, 6.45) is 0.652. The molecular weight excluding hydrogens is 332 g/mol. The van der Waals surface area contributed by atoms with Crippen molar-refractivity contribution in [3.8, 4) is 11.3 Å². The van der Waals surface area contributed by atoms with Gasteiger partial charge in [-0.2, -0.15) is 0 Å². The topological polar surface area (TPSA) is 30.7 Å². The molecule has 2 heterocycles. The zero-order valence-electron chi connectivity index (χ0n) is 13.7. The van der Waals surface area contributed by atoms with E-state index in [2.05, 4.69) is 16.5 Å². The average molecular weight is 347 g/mol. The van der Waals surface area contributed by atoms with Gasteiger partial charge < -0.3 is 4.57 Å². The Morgan fingerprint density at radius 1 is 1.20 bits per heavy atom. The number of imidazole rings is 1. The maximum absolute atomic E-state index is 13.6. The second kappa shape index (κ2) is 6.45. The molecule has 0 unspecified atom stereocenters. The maximum Gasteiger partial charge on any atom is 0.123 e. The fraction of sp³-hybridized carbons (Fsp3) is 0.158. The molecule has 6 heteroatoms. The Morgan fingerprint density at radius 2 is 2.08 bits per heavy atom. The van der Waals surface area contributed by atoms with Crippen LogP contribution in [0.25, 0.3) is 22.3 Å². The van der Waals surface area contributed by atoms with E-state index in [1.165, 1.54) is 12.1 Å². The largest absolute Gasteiger partial charge is 0.328 e. The smallest absolute Gasteiger partial charge is 0.123 e. The van der Waals surface area contributed by atoms with Gasteiger partial charge in [-0.05, 0) is 31.2 Å². The van der Waals surface area contributed by atoms with Crippen LogP contribution in [0.5, 0.6) is 0 Å². The lowest BCUT2D eigenvalue weighted by molar-refractivity contribution is 0.628. The van der Waals surface area contributed by atoms with Gasteiger partial charge in [-0.1, -0.05) is 23.7 Å². The summed E-state index contributed by atoms with van der Waals surface area (Å²) in [5.41, 5.74) is 6.08. The zero-order valence-corrected chi connectivity index (χ0v) is 14.6. The summed E-state index contributed by atoms with van der Waals surface area (Å²) in [4.78, 5) is 10.3. The zero-order chi connectivity index (χ0) is 17.4. The highest BCUT2D eigenvalue weighted by Gasteiger charge is 2.15. The predicted molar refractivity (Wildman–Crippen MR) is 101 cm³/mol. The van der Waals surface area contributed by atoms with Crippen molar-refractivity contribution in [2.24, 2.45) is 0 Å². The lowest BCUT2D eigenvalue weighted by Crippen LogP contribution is -2.03. The number of thiazole rings is 1. The first-order chi connectivity index (χ1) is 12.2. The van der Waals surface area contributed by atoms with E-state index < -0.39 is 0 Å². The van der Waals surface area contributed by atoms with Crippen LogP contribution < -0.4 is 5.46 Å². The lowest BCUT2D eigenvalue weighted by Gasteiger charge is -2.07. The molecule has 0 spiro atoms. The molecule has 0 atom stereocenters. The summed E-state index contributed by atoms with van der Waals surface area (Å²) in [7, 11) is 5.88. The fourth-order valence-corrected chi connectivity index (χ4v) is 3.88. The minimum absolute atomic E-state index is 0.257. The van der Waals surface area contributed by atoms with E-state index in [0.717, 1.165) is 39.5 Å². The first kappa shape index (κ1) is 16.0. The van der Waals surface area contributed by atoms with Crippen molar-refractivity contribution in [1.29, 1.82) is 0 Å². The van der Waals surface area contributed by atoms with Crippen LogP contribution in [-0.2, 0) is 13.0 Å². The van der Waals surface area contributed by atoms with Crippen molar-refractivity contribution in [1.82, 2.24) is 14.5 Å². The van der Waals surface area contributed by atoms with Gasteiger partial charge in [0, 0.05) is 23.4 Å². The number of aryl methyl sites for hydroxylation is 1. The minimum atomic E-state index is -0.257. The van der Waals surface area contributed by atoms with Gasteiger partial charge in [-0.15, -0.1) is 11.3 Å².